The van der Waals surface area contributed by atoms with Gasteiger partial charge in [0.25, 0.3) is 0 Å². The fourth-order valence-electron chi connectivity index (χ4n) is 1.19. The van der Waals surface area contributed by atoms with Gasteiger partial charge in [-0.1, -0.05) is 6.07 Å². The van der Waals surface area contributed by atoms with Crippen LogP contribution < -0.4 is 4.74 Å². The highest BCUT2D eigenvalue weighted by Crippen LogP contribution is 2.18. The van der Waals surface area contributed by atoms with Crippen molar-refractivity contribution < 1.29 is 9.13 Å². The van der Waals surface area contributed by atoms with Crippen molar-refractivity contribution in [2.24, 2.45) is 0 Å². The second-order valence-corrected chi connectivity index (χ2v) is 3.66. The molecule has 0 aliphatic heterocycles. The van der Waals surface area contributed by atoms with Crippen LogP contribution in [0.2, 0.25) is 0 Å². The Labute approximate surface area is 92.7 Å². The Morgan fingerprint density at radius 3 is 2.81 bits per heavy atom. The van der Waals surface area contributed by atoms with Crippen molar-refractivity contribution in [2.45, 2.75) is 19.9 Å². The summed E-state index contributed by atoms with van der Waals surface area (Å²) in [5, 5.41) is 4.10. The van der Waals surface area contributed by atoms with Crippen molar-refractivity contribution in [3.8, 4) is 11.8 Å². The minimum atomic E-state index is -0.346. The van der Waals surface area contributed by atoms with Crippen LogP contribution in [0.25, 0.3) is 0 Å². The first-order valence-corrected chi connectivity index (χ1v) is 5.00. The van der Waals surface area contributed by atoms with Gasteiger partial charge < -0.3 is 4.74 Å². The Morgan fingerprint density at radius 1 is 1.38 bits per heavy atom. The van der Waals surface area contributed by atoms with Gasteiger partial charge in [0.05, 0.1) is 0 Å². The third-order valence-electron chi connectivity index (χ3n) is 2.02. The smallest absolute Gasteiger partial charge is 0.340 e. The van der Waals surface area contributed by atoms with E-state index >= 15 is 0 Å². The minimum Gasteiger partial charge on any atom is -0.423 e. The quantitative estimate of drug-likeness (QED) is 0.800. The molecule has 16 heavy (non-hydrogen) atoms. The van der Waals surface area contributed by atoms with E-state index in [1.807, 2.05) is 13.8 Å². The standard InChI is InChI=1S/C11H12FN3O/c1-8(2)15-7-13-11(14-15)16-10-5-3-4-9(12)6-10/h3-8H,1-2H3. The molecule has 0 aliphatic carbocycles. The lowest BCUT2D eigenvalue weighted by atomic mass is 10.3. The number of ether oxygens (including phenoxy) is 1. The number of hydrogen-bond donors (Lipinski definition) is 0. The number of nitrogens with zero attached hydrogens (tertiary/aromatic N) is 3. The molecule has 2 rings (SSSR count). The molecule has 0 radical (unpaired) electrons. The molecule has 1 aromatic heterocycles. The molecule has 1 heterocycles. The molecule has 0 N–H and O–H groups in total. The van der Waals surface area contributed by atoms with E-state index in [1.165, 1.54) is 12.1 Å². The van der Waals surface area contributed by atoms with Gasteiger partial charge in [-0.05, 0) is 26.0 Å². The van der Waals surface area contributed by atoms with Gasteiger partial charge in [0, 0.05) is 12.1 Å². The number of halogens is 1. The molecule has 0 amide bonds. The van der Waals surface area contributed by atoms with Crippen molar-refractivity contribution in [1.29, 1.82) is 0 Å². The number of hydrogen-bond acceptors (Lipinski definition) is 3. The van der Waals surface area contributed by atoms with Gasteiger partial charge in [-0.25, -0.2) is 9.07 Å². The van der Waals surface area contributed by atoms with Crippen LogP contribution in [-0.2, 0) is 0 Å². The maximum atomic E-state index is 12.9. The summed E-state index contributed by atoms with van der Waals surface area (Å²) in [5.41, 5.74) is 0. The Kier molecular flexibility index (Phi) is 2.85. The molecule has 5 heteroatoms. The van der Waals surface area contributed by atoms with Gasteiger partial charge in [-0.3, -0.25) is 0 Å². The largest absolute Gasteiger partial charge is 0.423 e. The summed E-state index contributed by atoms with van der Waals surface area (Å²) in [5.74, 6) is 0.0438. The lowest BCUT2D eigenvalue weighted by Gasteiger charge is -2.02. The van der Waals surface area contributed by atoms with Gasteiger partial charge in [-0.15, -0.1) is 5.10 Å². The number of aromatic nitrogens is 3. The third kappa shape index (κ3) is 2.36. The zero-order valence-electron chi connectivity index (χ0n) is 9.09. The van der Waals surface area contributed by atoms with E-state index in [0.29, 0.717) is 5.75 Å². The van der Waals surface area contributed by atoms with Crippen molar-refractivity contribution >= 4 is 0 Å². The second-order valence-electron chi connectivity index (χ2n) is 3.66. The SMILES string of the molecule is CC(C)n1cnc(Oc2cccc(F)c2)n1. The Morgan fingerprint density at radius 2 is 2.19 bits per heavy atom. The van der Waals surface area contributed by atoms with Crippen molar-refractivity contribution in [3.63, 3.8) is 0 Å². The van der Waals surface area contributed by atoms with E-state index in [1.54, 1.807) is 23.1 Å². The summed E-state index contributed by atoms with van der Waals surface area (Å²) in [6.07, 6.45) is 1.58. The minimum absolute atomic E-state index is 0.220. The molecule has 4 nitrogen and oxygen atoms in total. The van der Waals surface area contributed by atoms with Crippen molar-refractivity contribution in [1.82, 2.24) is 14.8 Å². The molecule has 84 valence electrons. The predicted octanol–water partition coefficient (Wildman–Crippen LogP) is 2.79. The zero-order chi connectivity index (χ0) is 11.5. The van der Waals surface area contributed by atoms with E-state index in [2.05, 4.69) is 10.1 Å². The van der Waals surface area contributed by atoms with Crippen molar-refractivity contribution in [2.75, 3.05) is 0 Å². The lowest BCUT2D eigenvalue weighted by Crippen LogP contribution is -2.00. The van der Waals surface area contributed by atoms with Crippen molar-refractivity contribution in [3.05, 3.63) is 36.4 Å². The molecule has 0 aliphatic rings. The van der Waals surface area contributed by atoms with E-state index in [0.717, 1.165) is 0 Å². The Hall–Kier alpha value is -1.91. The Balaban J connectivity index is 2.14. The number of rotatable bonds is 3. The van der Waals surface area contributed by atoms with Gasteiger partial charge in [0.15, 0.2) is 0 Å². The zero-order valence-corrected chi connectivity index (χ0v) is 9.09. The van der Waals surface area contributed by atoms with E-state index in [4.69, 9.17) is 4.74 Å². The summed E-state index contributed by atoms with van der Waals surface area (Å²) in [6, 6.07) is 6.31. The average molecular weight is 221 g/mol. The molecule has 2 aromatic rings. The summed E-state index contributed by atoms with van der Waals surface area (Å²) in [6.45, 7) is 3.97. The molecule has 0 unspecified atom stereocenters. The van der Waals surface area contributed by atoms with Crippen LogP contribution in [0.5, 0.6) is 11.8 Å². The highest BCUT2D eigenvalue weighted by atomic mass is 19.1. The molecule has 0 fully saturated rings. The highest BCUT2D eigenvalue weighted by Gasteiger charge is 2.05. The predicted molar refractivity (Wildman–Crippen MR) is 56.9 cm³/mol. The molecule has 0 atom stereocenters. The van der Waals surface area contributed by atoms with Gasteiger partial charge in [0.2, 0.25) is 0 Å². The van der Waals surface area contributed by atoms with Crippen LogP contribution in [0.1, 0.15) is 19.9 Å². The fraction of sp³-hybridized carbons (Fsp3) is 0.273. The van der Waals surface area contributed by atoms with Gasteiger partial charge in [0.1, 0.15) is 17.9 Å². The summed E-state index contributed by atoms with van der Waals surface area (Å²) in [4.78, 5) is 3.97. The monoisotopic (exact) mass is 221 g/mol. The first kappa shape index (κ1) is 10.6. The average Bonchev–Trinajstić information content (AvgIpc) is 2.66. The highest BCUT2D eigenvalue weighted by molar-refractivity contribution is 5.24. The molecule has 1 aromatic carbocycles. The van der Waals surface area contributed by atoms with Crippen LogP contribution in [0, 0.1) is 5.82 Å². The number of benzene rings is 1. The summed E-state index contributed by atoms with van der Waals surface area (Å²) in [7, 11) is 0. The van der Waals surface area contributed by atoms with Gasteiger partial charge >= 0.3 is 6.01 Å². The van der Waals surface area contributed by atoms with Crippen LogP contribution >= 0.6 is 0 Å². The summed E-state index contributed by atoms with van der Waals surface area (Å²) < 4.78 is 19.9. The molecule has 0 saturated carbocycles. The molecular formula is C11H12FN3O. The van der Waals surface area contributed by atoms with Gasteiger partial charge in [-0.2, -0.15) is 4.98 Å². The fourth-order valence-corrected chi connectivity index (χ4v) is 1.19. The molecule has 0 saturated heterocycles. The maximum absolute atomic E-state index is 12.9. The first-order chi connectivity index (χ1) is 7.65. The van der Waals surface area contributed by atoms with E-state index in [9.17, 15) is 4.39 Å². The van der Waals surface area contributed by atoms with Crippen LogP contribution in [0.3, 0.4) is 0 Å². The van der Waals surface area contributed by atoms with Crippen LogP contribution in [0.4, 0.5) is 4.39 Å². The first-order valence-electron chi connectivity index (χ1n) is 5.00. The molecule has 0 bridgehead atoms. The lowest BCUT2D eigenvalue weighted by molar-refractivity contribution is 0.423. The maximum Gasteiger partial charge on any atom is 0.340 e. The van der Waals surface area contributed by atoms with E-state index < -0.39 is 0 Å². The molecule has 0 spiro atoms. The molecular weight excluding hydrogens is 209 g/mol. The Bertz CT molecular complexity index is 482. The summed E-state index contributed by atoms with van der Waals surface area (Å²) >= 11 is 0. The van der Waals surface area contributed by atoms with E-state index in [-0.39, 0.29) is 17.9 Å². The third-order valence-corrected chi connectivity index (χ3v) is 2.02. The second kappa shape index (κ2) is 4.30. The topological polar surface area (TPSA) is 39.9 Å². The van der Waals surface area contributed by atoms with Crippen LogP contribution in [0.15, 0.2) is 30.6 Å². The normalized spacial score (nSPS) is 10.8. The van der Waals surface area contributed by atoms with Crippen LogP contribution in [-0.4, -0.2) is 14.8 Å².